The van der Waals surface area contributed by atoms with Gasteiger partial charge in [0.15, 0.2) is 11.5 Å². The Morgan fingerprint density at radius 1 is 1.27 bits per heavy atom. The molecule has 0 amide bonds. The third kappa shape index (κ3) is 2.33. The fourth-order valence-electron chi connectivity index (χ4n) is 1.36. The van der Waals surface area contributed by atoms with Gasteiger partial charge in [-0.15, -0.1) is 0 Å². The minimum atomic E-state index is -0.0756. The van der Waals surface area contributed by atoms with Crippen molar-refractivity contribution in [1.29, 1.82) is 0 Å². The molecule has 15 heavy (non-hydrogen) atoms. The number of hydrogen-bond acceptors (Lipinski definition) is 4. The molecule has 4 nitrogen and oxygen atoms in total. The monoisotopic (exact) mass is 211 g/mol. The summed E-state index contributed by atoms with van der Waals surface area (Å²) in [4.78, 5) is 0. The average Bonchev–Trinajstić information content (AvgIpc) is 2.28. The number of phenols is 1. The molecule has 1 aromatic rings. The van der Waals surface area contributed by atoms with Crippen LogP contribution in [-0.4, -0.2) is 19.3 Å². The van der Waals surface area contributed by atoms with E-state index in [-0.39, 0.29) is 11.8 Å². The zero-order valence-electron chi connectivity index (χ0n) is 9.28. The van der Waals surface area contributed by atoms with E-state index in [4.69, 9.17) is 15.2 Å². The van der Waals surface area contributed by atoms with Crippen molar-refractivity contribution in [2.45, 2.75) is 19.4 Å². The van der Waals surface area contributed by atoms with Crippen LogP contribution < -0.4 is 15.2 Å². The number of rotatable bonds is 4. The van der Waals surface area contributed by atoms with E-state index in [1.165, 1.54) is 14.2 Å². The Labute approximate surface area is 89.6 Å². The van der Waals surface area contributed by atoms with Gasteiger partial charge in [-0.3, -0.25) is 0 Å². The van der Waals surface area contributed by atoms with Gasteiger partial charge in [-0.25, -0.2) is 0 Å². The maximum atomic E-state index is 9.68. The Kier molecular flexibility index (Phi) is 3.80. The number of benzene rings is 1. The summed E-state index contributed by atoms with van der Waals surface area (Å²) in [5.74, 6) is 0.772. The van der Waals surface area contributed by atoms with Gasteiger partial charge in [0.25, 0.3) is 0 Å². The SMILES string of the molecule is CC[C@H](N)c1cc(OC)c(O)c(OC)c1. The van der Waals surface area contributed by atoms with Gasteiger partial charge >= 0.3 is 0 Å². The Morgan fingerprint density at radius 2 is 1.73 bits per heavy atom. The van der Waals surface area contributed by atoms with Gasteiger partial charge < -0.3 is 20.3 Å². The molecule has 0 saturated heterocycles. The number of ether oxygens (including phenoxy) is 2. The fraction of sp³-hybridized carbons (Fsp3) is 0.455. The number of phenolic OH excluding ortho intramolecular Hbond substituents is 1. The van der Waals surface area contributed by atoms with Crippen LogP contribution in [0.3, 0.4) is 0 Å². The first-order valence-corrected chi connectivity index (χ1v) is 4.84. The molecule has 0 spiro atoms. The van der Waals surface area contributed by atoms with Crippen LogP contribution in [0.15, 0.2) is 12.1 Å². The first kappa shape index (κ1) is 11.7. The molecule has 0 heterocycles. The number of methoxy groups -OCH3 is 2. The van der Waals surface area contributed by atoms with E-state index in [9.17, 15) is 5.11 Å². The summed E-state index contributed by atoms with van der Waals surface area (Å²) in [7, 11) is 2.99. The van der Waals surface area contributed by atoms with Crippen LogP contribution in [0, 0.1) is 0 Å². The van der Waals surface area contributed by atoms with Crippen LogP contribution in [-0.2, 0) is 0 Å². The highest BCUT2D eigenvalue weighted by Crippen LogP contribution is 2.38. The minimum absolute atomic E-state index is 0.00653. The Bertz CT molecular complexity index is 314. The molecule has 1 atom stereocenters. The quantitative estimate of drug-likeness (QED) is 0.797. The molecule has 0 saturated carbocycles. The maximum absolute atomic E-state index is 9.68. The largest absolute Gasteiger partial charge is 0.502 e. The second-order valence-electron chi connectivity index (χ2n) is 3.29. The summed E-state index contributed by atoms with van der Waals surface area (Å²) < 4.78 is 10.1. The molecule has 0 aliphatic rings. The first-order chi connectivity index (χ1) is 7.13. The van der Waals surface area contributed by atoms with Gasteiger partial charge in [0.1, 0.15) is 0 Å². The molecule has 1 aromatic carbocycles. The molecule has 1 rings (SSSR count). The predicted octanol–water partition coefficient (Wildman–Crippen LogP) is 1.82. The second-order valence-corrected chi connectivity index (χ2v) is 3.29. The van der Waals surface area contributed by atoms with Crippen molar-refractivity contribution < 1.29 is 14.6 Å². The molecule has 4 heteroatoms. The number of nitrogens with two attached hydrogens (primary N) is 1. The van der Waals surface area contributed by atoms with Gasteiger partial charge in [0.2, 0.25) is 5.75 Å². The van der Waals surface area contributed by atoms with Crippen LogP contribution >= 0.6 is 0 Å². The van der Waals surface area contributed by atoms with Crippen LogP contribution in [0.5, 0.6) is 17.2 Å². The molecule has 0 aliphatic carbocycles. The zero-order valence-corrected chi connectivity index (χ0v) is 9.28. The lowest BCUT2D eigenvalue weighted by Gasteiger charge is -2.14. The number of aromatic hydroxyl groups is 1. The van der Waals surface area contributed by atoms with Crippen LogP contribution in [0.25, 0.3) is 0 Å². The average molecular weight is 211 g/mol. The van der Waals surface area contributed by atoms with E-state index in [1.807, 2.05) is 6.92 Å². The summed E-state index contributed by atoms with van der Waals surface area (Å²) in [6.07, 6.45) is 0.817. The Balaban J connectivity index is 3.20. The molecule has 0 bridgehead atoms. The zero-order chi connectivity index (χ0) is 11.4. The van der Waals surface area contributed by atoms with Crippen molar-refractivity contribution in [1.82, 2.24) is 0 Å². The molecular formula is C11H17NO3. The minimum Gasteiger partial charge on any atom is -0.502 e. The topological polar surface area (TPSA) is 64.7 Å². The van der Waals surface area contributed by atoms with E-state index in [2.05, 4.69) is 0 Å². The van der Waals surface area contributed by atoms with E-state index >= 15 is 0 Å². The van der Waals surface area contributed by atoms with Gasteiger partial charge in [0, 0.05) is 6.04 Å². The summed E-state index contributed by atoms with van der Waals surface area (Å²) in [5.41, 5.74) is 6.79. The summed E-state index contributed by atoms with van der Waals surface area (Å²) >= 11 is 0. The summed E-state index contributed by atoms with van der Waals surface area (Å²) in [6, 6.07) is 3.38. The summed E-state index contributed by atoms with van der Waals surface area (Å²) in [5, 5.41) is 9.68. The molecule has 0 fully saturated rings. The standard InChI is InChI=1S/C11H17NO3/c1-4-8(12)7-5-9(14-2)11(13)10(6-7)15-3/h5-6,8,13H,4,12H2,1-3H3/t8-/m0/s1. The first-order valence-electron chi connectivity index (χ1n) is 4.84. The van der Waals surface area contributed by atoms with Crippen molar-refractivity contribution in [3.8, 4) is 17.2 Å². The summed E-state index contributed by atoms with van der Waals surface area (Å²) in [6.45, 7) is 2.00. The van der Waals surface area contributed by atoms with Crippen LogP contribution in [0.2, 0.25) is 0 Å². The molecular weight excluding hydrogens is 194 g/mol. The van der Waals surface area contributed by atoms with Crippen LogP contribution in [0.1, 0.15) is 24.9 Å². The van der Waals surface area contributed by atoms with Crippen LogP contribution in [0.4, 0.5) is 0 Å². The van der Waals surface area contributed by atoms with Crippen molar-refractivity contribution in [2.24, 2.45) is 5.73 Å². The Morgan fingerprint density at radius 3 is 2.07 bits per heavy atom. The fourth-order valence-corrected chi connectivity index (χ4v) is 1.36. The number of hydrogen-bond donors (Lipinski definition) is 2. The van der Waals surface area contributed by atoms with E-state index in [1.54, 1.807) is 12.1 Å². The molecule has 0 unspecified atom stereocenters. The van der Waals surface area contributed by atoms with E-state index in [0.29, 0.717) is 11.5 Å². The lowest BCUT2D eigenvalue weighted by Crippen LogP contribution is -2.09. The van der Waals surface area contributed by atoms with E-state index < -0.39 is 0 Å². The third-order valence-corrected chi connectivity index (χ3v) is 2.37. The highest BCUT2D eigenvalue weighted by atomic mass is 16.5. The normalized spacial score (nSPS) is 12.3. The molecule has 84 valence electrons. The van der Waals surface area contributed by atoms with Crippen molar-refractivity contribution in [3.05, 3.63) is 17.7 Å². The molecule has 0 radical (unpaired) electrons. The van der Waals surface area contributed by atoms with Gasteiger partial charge in [0.05, 0.1) is 14.2 Å². The van der Waals surface area contributed by atoms with Gasteiger partial charge in [-0.2, -0.15) is 0 Å². The Hall–Kier alpha value is -1.42. The molecule has 0 aromatic heterocycles. The maximum Gasteiger partial charge on any atom is 0.200 e. The third-order valence-electron chi connectivity index (χ3n) is 2.37. The van der Waals surface area contributed by atoms with E-state index in [0.717, 1.165) is 12.0 Å². The smallest absolute Gasteiger partial charge is 0.200 e. The van der Waals surface area contributed by atoms with Gasteiger partial charge in [-0.05, 0) is 24.1 Å². The highest BCUT2D eigenvalue weighted by Gasteiger charge is 2.13. The highest BCUT2D eigenvalue weighted by molar-refractivity contribution is 5.53. The lowest BCUT2D eigenvalue weighted by atomic mass is 10.0. The second kappa shape index (κ2) is 4.89. The molecule has 3 N–H and O–H groups in total. The predicted molar refractivity (Wildman–Crippen MR) is 58.4 cm³/mol. The van der Waals surface area contributed by atoms with Crippen molar-refractivity contribution in [3.63, 3.8) is 0 Å². The van der Waals surface area contributed by atoms with Crippen molar-refractivity contribution in [2.75, 3.05) is 14.2 Å². The lowest BCUT2D eigenvalue weighted by molar-refractivity contribution is 0.338. The van der Waals surface area contributed by atoms with Gasteiger partial charge in [-0.1, -0.05) is 6.92 Å². The molecule has 0 aliphatic heterocycles. The van der Waals surface area contributed by atoms with Crippen molar-refractivity contribution >= 4 is 0 Å².